The fourth-order valence-corrected chi connectivity index (χ4v) is 2.53. The van der Waals surface area contributed by atoms with Crippen LogP contribution in [0.1, 0.15) is 17.2 Å². The maximum absolute atomic E-state index is 6.25. The summed E-state index contributed by atoms with van der Waals surface area (Å²) in [6.45, 7) is 0. The van der Waals surface area contributed by atoms with Gasteiger partial charge in [0.2, 0.25) is 0 Å². The fourth-order valence-electron chi connectivity index (χ4n) is 2.03. The van der Waals surface area contributed by atoms with Crippen LogP contribution >= 0.6 is 34.8 Å². The van der Waals surface area contributed by atoms with Crippen LogP contribution in [0.3, 0.4) is 0 Å². The van der Waals surface area contributed by atoms with Crippen LogP contribution in [0.5, 0.6) is 5.75 Å². The van der Waals surface area contributed by atoms with E-state index in [4.69, 9.17) is 45.3 Å². The highest BCUT2D eigenvalue weighted by Gasteiger charge is 2.14. The van der Waals surface area contributed by atoms with Gasteiger partial charge in [-0.2, -0.15) is 0 Å². The summed E-state index contributed by atoms with van der Waals surface area (Å²) in [5.41, 5.74) is 8.12. The Balaban J connectivity index is 2.25. The zero-order valence-electron chi connectivity index (χ0n) is 10.9. The van der Waals surface area contributed by atoms with Gasteiger partial charge in [0.1, 0.15) is 5.75 Å². The maximum atomic E-state index is 6.25. The van der Waals surface area contributed by atoms with Gasteiger partial charge < -0.3 is 10.5 Å². The fraction of sp³-hybridized carbons (Fsp3) is 0.200. The summed E-state index contributed by atoms with van der Waals surface area (Å²) in [6.07, 6.45) is 0.619. The molecule has 0 aliphatic heterocycles. The van der Waals surface area contributed by atoms with Crippen LogP contribution < -0.4 is 10.5 Å². The van der Waals surface area contributed by atoms with E-state index in [1.807, 2.05) is 24.3 Å². The third-order valence-electron chi connectivity index (χ3n) is 3.03. The predicted octanol–water partition coefficient (Wildman–Crippen LogP) is 4.90. The summed E-state index contributed by atoms with van der Waals surface area (Å²) in [4.78, 5) is 0. The van der Waals surface area contributed by atoms with Crippen molar-refractivity contribution in [3.63, 3.8) is 0 Å². The minimum Gasteiger partial charge on any atom is -0.496 e. The van der Waals surface area contributed by atoms with Crippen LogP contribution in [0.25, 0.3) is 0 Å². The van der Waals surface area contributed by atoms with E-state index in [9.17, 15) is 0 Å². The number of rotatable bonds is 4. The second kappa shape index (κ2) is 6.68. The summed E-state index contributed by atoms with van der Waals surface area (Å²) >= 11 is 17.9. The molecule has 0 amide bonds. The van der Waals surface area contributed by atoms with E-state index >= 15 is 0 Å². The van der Waals surface area contributed by atoms with E-state index in [1.165, 1.54) is 0 Å². The van der Waals surface area contributed by atoms with Gasteiger partial charge in [-0.15, -0.1) is 0 Å². The number of benzene rings is 2. The first-order valence-electron chi connectivity index (χ1n) is 6.04. The lowest BCUT2D eigenvalue weighted by Crippen LogP contribution is -2.14. The van der Waals surface area contributed by atoms with Crippen molar-refractivity contribution < 1.29 is 4.74 Å². The molecule has 5 heteroatoms. The van der Waals surface area contributed by atoms with Gasteiger partial charge in [-0.05, 0) is 42.3 Å². The molecule has 2 rings (SSSR count). The van der Waals surface area contributed by atoms with Crippen molar-refractivity contribution in [2.45, 2.75) is 12.5 Å². The van der Waals surface area contributed by atoms with Gasteiger partial charge in [-0.1, -0.05) is 40.9 Å². The van der Waals surface area contributed by atoms with Gasteiger partial charge in [-0.3, -0.25) is 0 Å². The van der Waals surface area contributed by atoms with Gasteiger partial charge in [0.25, 0.3) is 0 Å². The van der Waals surface area contributed by atoms with Crippen LogP contribution in [0.4, 0.5) is 0 Å². The molecule has 20 heavy (non-hydrogen) atoms. The summed E-state index contributed by atoms with van der Waals surface area (Å²) in [6, 6.07) is 10.7. The highest BCUT2D eigenvalue weighted by Crippen LogP contribution is 2.30. The monoisotopic (exact) mass is 329 g/mol. The van der Waals surface area contributed by atoms with Crippen LogP contribution in [-0.4, -0.2) is 7.11 Å². The molecule has 2 aromatic rings. The number of hydrogen-bond donors (Lipinski definition) is 1. The van der Waals surface area contributed by atoms with E-state index in [0.717, 1.165) is 16.9 Å². The molecule has 0 aliphatic carbocycles. The Morgan fingerprint density at radius 1 is 1.05 bits per heavy atom. The highest BCUT2D eigenvalue weighted by molar-refractivity contribution is 6.42. The molecular formula is C15H14Cl3NO. The Kier molecular flexibility index (Phi) is 5.17. The molecule has 0 saturated carbocycles. The van der Waals surface area contributed by atoms with Gasteiger partial charge in [-0.25, -0.2) is 0 Å². The molecular weight excluding hydrogens is 317 g/mol. The first kappa shape index (κ1) is 15.5. The van der Waals surface area contributed by atoms with Gasteiger partial charge in [0.15, 0.2) is 0 Å². The zero-order chi connectivity index (χ0) is 14.7. The Bertz CT molecular complexity index is 616. The SMILES string of the molecule is COc1ccc(Cl)cc1C(N)Cc1ccc(Cl)c(Cl)c1. The van der Waals surface area contributed by atoms with E-state index in [0.29, 0.717) is 21.5 Å². The second-order valence-electron chi connectivity index (χ2n) is 4.45. The molecule has 0 aliphatic rings. The van der Waals surface area contributed by atoms with Gasteiger partial charge in [0.05, 0.1) is 17.2 Å². The Hall–Kier alpha value is -0.930. The molecule has 1 atom stereocenters. The maximum Gasteiger partial charge on any atom is 0.123 e. The molecule has 2 N–H and O–H groups in total. The third-order valence-corrected chi connectivity index (χ3v) is 4.00. The molecule has 0 heterocycles. The first-order valence-corrected chi connectivity index (χ1v) is 7.17. The second-order valence-corrected chi connectivity index (χ2v) is 5.70. The van der Waals surface area contributed by atoms with Crippen LogP contribution in [0.2, 0.25) is 15.1 Å². The number of nitrogens with two attached hydrogens (primary N) is 1. The van der Waals surface area contributed by atoms with Crippen molar-refractivity contribution in [3.8, 4) is 5.75 Å². The summed E-state index contributed by atoms with van der Waals surface area (Å²) in [5.74, 6) is 0.724. The zero-order valence-corrected chi connectivity index (χ0v) is 13.1. The average Bonchev–Trinajstić information content (AvgIpc) is 2.43. The molecule has 1 unspecified atom stereocenters. The van der Waals surface area contributed by atoms with Gasteiger partial charge >= 0.3 is 0 Å². The number of halogens is 3. The first-order chi connectivity index (χ1) is 9.51. The third kappa shape index (κ3) is 3.58. The molecule has 0 radical (unpaired) electrons. The number of methoxy groups -OCH3 is 1. The summed E-state index contributed by atoms with van der Waals surface area (Å²) in [5, 5.41) is 1.68. The molecule has 2 nitrogen and oxygen atoms in total. The van der Waals surface area contributed by atoms with E-state index in [-0.39, 0.29) is 6.04 Å². The Labute approximate surface area is 133 Å². The lowest BCUT2D eigenvalue weighted by molar-refractivity contribution is 0.405. The van der Waals surface area contributed by atoms with Crippen molar-refractivity contribution in [1.82, 2.24) is 0 Å². The molecule has 0 aromatic heterocycles. The standard InChI is InChI=1S/C15H14Cl3NO/c1-20-15-5-3-10(16)8-11(15)14(19)7-9-2-4-12(17)13(18)6-9/h2-6,8,14H,7,19H2,1H3. The minimum absolute atomic E-state index is 0.235. The number of hydrogen-bond acceptors (Lipinski definition) is 2. The summed E-state index contributed by atoms with van der Waals surface area (Å²) < 4.78 is 5.32. The van der Waals surface area contributed by atoms with Crippen molar-refractivity contribution in [1.29, 1.82) is 0 Å². The Morgan fingerprint density at radius 3 is 2.45 bits per heavy atom. The van der Waals surface area contributed by atoms with Crippen LogP contribution in [0.15, 0.2) is 36.4 Å². The van der Waals surface area contributed by atoms with Crippen LogP contribution in [0, 0.1) is 0 Å². The van der Waals surface area contributed by atoms with Crippen molar-refractivity contribution in [3.05, 3.63) is 62.6 Å². The largest absolute Gasteiger partial charge is 0.496 e. The van der Waals surface area contributed by atoms with E-state index in [1.54, 1.807) is 19.2 Å². The van der Waals surface area contributed by atoms with Gasteiger partial charge in [0, 0.05) is 16.6 Å². The quantitative estimate of drug-likeness (QED) is 0.865. The van der Waals surface area contributed by atoms with E-state index < -0.39 is 0 Å². The molecule has 106 valence electrons. The van der Waals surface area contributed by atoms with Crippen LogP contribution in [-0.2, 0) is 6.42 Å². The molecule has 2 aromatic carbocycles. The molecule has 0 bridgehead atoms. The smallest absolute Gasteiger partial charge is 0.123 e. The normalized spacial score (nSPS) is 12.2. The number of ether oxygens (including phenoxy) is 1. The Morgan fingerprint density at radius 2 is 1.80 bits per heavy atom. The highest BCUT2D eigenvalue weighted by atomic mass is 35.5. The topological polar surface area (TPSA) is 35.2 Å². The van der Waals surface area contributed by atoms with Crippen molar-refractivity contribution >= 4 is 34.8 Å². The minimum atomic E-state index is -0.235. The predicted molar refractivity (Wildman–Crippen MR) is 85.1 cm³/mol. The van der Waals surface area contributed by atoms with E-state index in [2.05, 4.69) is 0 Å². The summed E-state index contributed by atoms with van der Waals surface area (Å²) in [7, 11) is 1.61. The molecule has 0 saturated heterocycles. The average molecular weight is 331 g/mol. The van der Waals surface area contributed by atoms with Crippen molar-refractivity contribution in [2.75, 3.05) is 7.11 Å². The van der Waals surface area contributed by atoms with Crippen molar-refractivity contribution in [2.24, 2.45) is 5.73 Å². The molecule has 0 spiro atoms. The molecule has 0 fully saturated rings. The lowest BCUT2D eigenvalue weighted by atomic mass is 9.99. The lowest BCUT2D eigenvalue weighted by Gasteiger charge is -2.16.